The Morgan fingerprint density at radius 3 is 2.50 bits per heavy atom. The van der Waals surface area contributed by atoms with Crippen LogP contribution in [0.15, 0.2) is 42.5 Å². The van der Waals surface area contributed by atoms with Crippen LogP contribution in [-0.2, 0) is 0 Å². The van der Waals surface area contributed by atoms with Crippen molar-refractivity contribution in [2.45, 2.75) is 38.1 Å². The largest absolute Gasteiger partial charge is 0.335 e. The molecule has 0 aliphatic heterocycles. The molecule has 1 fully saturated rings. The highest BCUT2D eigenvalue weighted by Gasteiger charge is 2.15. The number of nitrogens with one attached hydrogen (secondary N) is 2. The van der Waals surface area contributed by atoms with E-state index in [0.717, 1.165) is 35.2 Å². The van der Waals surface area contributed by atoms with Crippen molar-refractivity contribution in [1.29, 1.82) is 0 Å². The van der Waals surface area contributed by atoms with Crippen LogP contribution in [0.5, 0.6) is 0 Å². The lowest BCUT2D eigenvalue weighted by Gasteiger charge is -2.22. The molecule has 1 aromatic heterocycles. The number of anilines is 1. The fourth-order valence-corrected chi connectivity index (χ4v) is 3.45. The minimum absolute atomic E-state index is 0.151. The van der Waals surface area contributed by atoms with Gasteiger partial charge in [0.15, 0.2) is 0 Å². The third-order valence-corrected chi connectivity index (χ3v) is 4.87. The number of carbonyl (C=O) groups is 1. The van der Waals surface area contributed by atoms with Gasteiger partial charge in [0.2, 0.25) is 0 Å². The molecule has 1 saturated carbocycles. The summed E-state index contributed by atoms with van der Waals surface area (Å²) in [6.07, 6.45) is 5.78. The molecule has 0 atom stereocenters. The van der Waals surface area contributed by atoms with Crippen molar-refractivity contribution in [3.05, 3.63) is 47.5 Å². The van der Waals surface area contributed by atoms with Crippen molar-refractivity contribution in [3.63, 3.8) is 0 Å². The summed E-state index contributed by atoms with van der Waals surface area (Å²) in [6.45, 7) is 0. The summed E-state index contributed by atoms with van der Waals surface area (Å²) in [4.78, 5) is 13.7. The zero-order chi connectivity index (χ0) is 17.9. The summed E-state index contributed by atoms with van der Waals surface area (Å²) in [6, 6.07) is 13.0. The Hall–Kier alpha value is -2.60. The van der Waals surface area contributed by atoms with Gasteiger partial charge < -0.3 is 10.6 Å². The number of carbonyl (C=O) groups excluding carboxylic acids is 1. The summed E-state index contributed by atoms with van der Waals surface area (Å²) in [5.41, 5.74) is 3.08. The van der Waals surface area contributed by atoms with Crippen LogP contribution in [0.25, 0.3) is 16.7 Å². The summed E-state index contributed by atoms with van der Waals surface area (Å²) in [5.74, 6) is 0. The lowest BCUT2D eigenvalue weighted by atomic mass is 9.96. The van der Waals surface area contributed by atoms with Gasteiger partial charge in [-0.1, -0.05) is 30.9 Å². The van der Waals surface area contributed by atoms with E-state index in [2.05, 4.69) is 20.8 Å². The molecule has 1 aliphatic rings. The maximum absolute atomic E-state index is 12.1. The van der Waals surface area contributed by atoms with E-state index in [1.165, 1.54) is 19.3 Å². The molecular weight excluding hydrogens is 350 g/mol. The summed E-state index contributed by atoms with van der Waals surface area (Å²) in [7, 11) is 0. The number of rotatable bonds is 3. The number of fused-ring (bicyclic) bond motifs is 1. The number of halogens is 1. The first kappa shape index (κ1) is 16.8. The molecule has 26 heavy (non-hydrogen) atoms. The average molecular weight is 370 g/mol. The third kappa shape index (κ3) is 3.80. The van der Waals surface area contributed by atoms with E-state index in [1.54, 1.807) is 16.9 Å². The second-order valence-corrected chi connectivity index (χ2v) is 7.04. The number of hydrogen-bond donors (Lipinski definition) is 2. The first-order chi connectivity index (χ1) is 12.7. The lowest BCUT2D eigenvalue weighted by Crippen LogP contribution is -2.38. The maximum atomic E-state index is 12.1. The number of hydrogen-bond acceptors (Lipinski definition) is 3. The summed E-state index contributed by atoms with van der Waals surface area (Å²) < 4.78 is 0. The molecule has 0 bridgehead atoms. The highest BCUT2D eigenvalue weighted by Crippen LogP contribution is 2.19. The van der Waals surface area contributed by atoms with Gasteiger partial charge in [0.25, 0.3) is 0 Å². The maximum Gasteiger partial charge on any atom is 0.319 e. The molecule has 1 aliphatic carbocycles. The van der Waals surface area contributed by atoms with Crippen molar-refractivity contribution in [1.82, 2.24) is 20.3 Å². The Morgan fingerprint density at radius 2 is 1.73 bits per heavy atom. The molecule has 7 heteroatoms. The molecule has 0 unspecified atom stereocenters. The van der Waals surface area contributed by atoms with Gasteiger partial charge in [-0.2, -0.15) is 4.80 Å². The van der Waals surface area contributed by atoms with Gasteiger partial charge in [0.05, 0.1) is 5.69 Å². The van der Waals surface area contributed by atoms with E-state index in [1.807, 2.05) is 30.3 Å². The zero-order valence-electron chi connectivity index (χ0n) is 14.3. The minimum Gasteiger partial charge on any atom is -0.335 e. The molecular formula is C19H20ClN5O. The second-order valence-electron chi connectivity index (χ2n) is 6.60. The van der Waals surface area contributed by atoms with E-state index in [-0.39, 0.29) is 12.1 Å². The monoisotopic (exact) mass is 369 g/mol. The summed E-state index contributed by atoms with van der Waals surface area (Å²) >= 11 is 5.99. The van der Waals surface area contributed by atoms with Crippen LogP contribution in [0.3, 0.4) is 0 Å². The summed E-state index contributed by atoms with van der Waals surface area (Å²) in [5, 5.41) is 15.4. The fourth-order valence-electron chi connectivity index (χ4n) is 3.28. The number of aromatic nitrogens is 3. The number of urea groups is 1. The van der Waals surface area contributed by atoms with Crippen molar-refractivity contribution in [2.75, 3.05) is 5.32 Å². The number of benzene rings is 2. The lowest BCUT2D eigenvalue weighted by molar-refractivity contribution is 0.244. The predicted molar refractivity (Wildman–Crippen MR) is 103 cm³/mol. The Bertz CT molecular complexity index is 915. The molecule has 2 aromatic carbocycles. The molecule has 1 heterocycles. The Balaban J connectivity index is 1.43. The molecule has 6 nitrogen and oxygen atoms in total. The van der Waals surface area contributed by atoms with Crippen molar-refractivity contribution in [2.24, 2.45) is 0 Å². The molecule has 134 valence electrons. The van der Waals surface area contributed by atoms with Crippen LogP contribution < -0.4 is 10.6 Å². The SMILES string of the molecule is O=C(Nc1ccc(-n2nc3ccc(Cl)cc3n2)cc1)NC1CCCCC1. The molecule has 2 amide bonds. The first-order valence-electron chi connectivity index (χ1n) is 8.88. The van der Waals surface area contributed by atoms with E-state index in [0.29, 0.717) is 5.02 Å². The van der Waals surface area contributed by atoms with Crippen LogP contribution in [0.1, 0.15) is 32.1 Å². The molecule has 0 saturated heterocycles. The van der Waals surface area contributed by atoms with Crippen molar-refractivity contribution in [3.8, 4) is 5.69 Å². The van der Waals surface area contributed by atoms with Gasteiger partial charge in [0.1, 0.15) is 11.0 Å². The molecule has 2 N–H and O–H groups in total. The highest BCUT2D eigenvalue weighted by molar-refractivity contribution is 6.31. The van der Waals surface area contributed by atoms with Gasteiger partial charge in [-0.15, -0.1) is 10.2 Å². The van der Waals surface area contributed by atoms with Gasteiger partial charge in [-0.3, -0.25) is 0 Å². The van der Waals surface area contributed by atoms with Crippen LogP contribution in [0.2, 0.25) is 5.02 Å². The zero-order valence-corrected chi connectivity index (χ0v) is 15.0. The smallest absolute Gasteiger partial charge is 0.319 e. The molecule has 0 spiro atoms. The van der Waals surface area contributed by atoms with E-state index in [9.17, 15) is 4.79 Å². The van der Waals surface area contributed by atoms with E-state index < -0.39 is 0 Å². The fraction of sp³-hybridized carbons (Fsp3) is 0.316. The number of amides is 2. The normalized spacial score (nSPS) is 15.1. The predicted octanol–water partition coefficient (Wildman–Crippen LogP) is 4.53. The van der Waals surface area contributed by atoms with Gasteiger partial charge in [-0.25, -0.2) is 4.79 Å². The van der Waals surface area contributed by atoms with Crippen LogP contribution in [0, 0.1) is 0 Å². The Kier molecular flexibility index (Phi) is 4.75. The van der Waals surface area contributed by atoms with Crippen LogP contribution in [-0.4, -0.2) is 27.1 Å². The Morgan fingerprint density at radius 1 is 1.00 bits per heavy atom. The van der Waals surface area contributed by atoms with Gasteiger partial charge in [0, 0.05) is 16.8 Å². The average Bonchev–Trinajstić information content (AvgIpc) is 3.06. The van der Waals surface area contributed by atoms with Crippen molar-refractivity contribution >= 4 is 34.4 Å². The topological polar surface area (TPSA) is 71.8 Å². The first-order valence-corrected chi connectivity index (χ1v) is 9.26. The third-order valence-electron chi connectivity index (χ3n) is 4.64. The second kappa shape index (κ2) is 7.33. The van der Waals surface area contributed by atoms with E-state index in [4.69, 9.17) is 11.6 Å². The molecule has 0 radical (unpaired) electrons. The quantitative estimate of drug-likeness (QED) is 0.712. The van der Waals surface area contributed by atoms with Crippen LogP contribution >= 0.6 is 11.6 Å². The molecule has 4 rings (SSSR count). The van der Waals surface area contributed by atoms with Crippen molar-refractivity contribution < 1.29 is 4.79 Å². The number of nitrogens with zero attached hydrogens (tertiary/aromatic N) is 3. The van der Waals surface area contributed by atoms with Gasteiger partial charge >= 0.3 is 6.03 Å². The van der Waals surface area contributed by atoms with Gasteiger partial charge in [-0.05, 0) is 55.3 Å². The Labute approximate surface area is 156 Å². The highest BCUT2D eigenvalue weighted by atomic mass is 35.5. The molecule has 3 aromatic rings. The van der Waals surface area contributed by atoms with Crippen LogP contribution in [0.4, 0.5) is 10.5 Å². The van der Waals surface area contributed by atoms with E-state index >= 15 is 0 Å². The minimum atomic E-state index is -0.151. The standard InChI is InChI=1S/C19H20ClN5O/c20-13-6-11-17-18(12-13)24-25(23-17)16-9-7-15(8-10-16)22-19(26)21-14-4-2-1-3-5-14/h6-12,14H,1-5H2,(H2,21,22,26).